The zero-order valence-corrected chi connectivity index (χ0v) is 63.1. The molecule has 4 fully saturated rings. The molecule has 0 bridgehead atoms. The molecular weight excluding hydrogens is 1550 g/mol. The Hall–Kier alpha value is -14.5. The summed E-state index contributed by atoms with van der Waals surface area (Å²) in [5, 5.41) is 53.0. The molecule has 0 aromatic heterocycles. The van der Waals surface area contributed by atoms with Crippen LogP contribution in [0.4, 0.5) is 5.69 Å². The summed E-state index contributed by atoms with van der Waals surface area (Å²) in [6.07, 6.45) is 5.63. The van der Waals surface area contributed by atoms with E-state index in [0.29, 0.717) is 75.5 Å². The number of aromatic carboxylic acids is 4. The van der Waals surface area contributed by atoms with E-state index in [0.717, 1.165) is 11.1 Å². The number of thiocarbonyl (C=S) groups is 4. The van der Waals surface area contributed by atoms with Gasteiger partial charge in [0.1, 0.15) is 59.2 Å². The molecule has 4 heterocycles. The van der Waals surface area contributed by atoms with Crippen molar-refractivity contribution in [2.75, 3.05) is 25.2 Å². The van der Waals surface area contributed by atoms with Crippen LogP contribution in [0.3, 0.4) is 0 Å². The van der Waals surface area contributed by atoms with Crippen LogP contribution in [-0.4, -0.2) is 132 Å². The highest BCUT2D eigenvalue weighted by atomic mass is 32.1. The number of rotatable bonds is 23. The molecule has 0 unspecified atom stereocenters. The molecule has 8 aromatic carbocycles. The molecule has 4 aliphatic heterocycles. The van der Waals surface area contributed by atoms with Gasteiger partial charge in [-0.2, -0.15) is 0 Å². The number of ether oxygens (including phenoxy) is 6. The topological polar surface area (TPSA) is 429 Å². The molecule has 12 rings (SSSR count). The first-order chi connectivity index (χ1) is 54.6. The molecule has 0 atom stereocenters. The number of hydrogen-bond donors (Lipinski definition) is 11. The number of carbonyl (C=O) groups is 12. The Labute approximate surface area is 669 Å². The summed E-state index contributed by atoms with van der Waals surface area (Å²) in [5.41, 5.74) is 5.02. The second kappa shape index (κ2) is 39.2. The van der Waals surface area contributed by atoms with Crippen molar-refractivity contribution in [3.63, 3.8) is 0 Å². The van der Waals surface area contributed by atoms with Crippen molar-refractivity contribution in [1.82, 2.24) is 37.2 Å². The highest BCUT2D eigenvalue weighted by molar-refractivity contribution is 7.81. The third kappa shape index (κ3) is 22.8. The Morgan fingerprint density at radius 3 is 1.21 bits per heavy atom. The highest BCUT2D eigenvalue weighted by Crippen LogP contribution is 2.33. The van der Waals surface area contributed by atoms with Gasteiger partial charge in [0.25, 0.3) is 47.3 Å². The predicted octanol–water partition coefficient (Wildman–Crippen LogP) is 8.66. The number of nitrogens with zero attached hydrogens (tertiary/aromatic N) is 1. The lowest BCUT2D eigenvalue weighted by Gasteiger charge is -2.28. The Bertz CT molecular complexity index is 5310. The summed E-state index contributed by atoms with van der Waals surface area (Å²) in [4.78, 5) is 142. The van der Waals surface area contributed by atoms with E-state index in [2.05, 4.69) is 37.2 Å². The minimum Gasteiger partial charge on any atom is -0.493 e. The summed E-state index contributed by atoms with van der Waals surface area (Å²) in [7, 11) is 1.46. The molecule has 8 amide bonds. The molecule has 11 N–H and O–H groups in total. The van der Waals surface area contributed by atoms with Crippen LogP contribution >= 0.6 is 48.9 Å². The lowest BCUT2D eigenvalue weighted by molar-refractivity contribution is -0.124. The van der Waals surface area contributed by atoms with Crippen molar-refractivity contribution in [3.05, 3.63) is 265 Å². The zero-order chi connectivity index (χ0) is 82.3. The molecule has 0 saturated carbocycles. The average Bonchev–Trinajstić information content (AvgIpc) is 0.784. The SMILES string of the molecule is CCOc1cc(C=C2C(=O)NC(=S)NC2=O)ccc1OCc1ccc(C(=O)O)cc1.CCOc1ccc(/C=C2/C(=O)NC(=S)N(c3ccccc3)C2=O)cc1C(=O)O.COc1cc(C=C2C(=O)NC(=S)NC2=O)ccc1OCc1cccc(C(=O)O)c1.O=C1NC(=S)NC(=O)C1=Cc1ccc(OCc2cccc(C(=O)O)c2)cc1. The van der Waals surface area contributed by atoms with Crippen molar-refractivity contribution in [1.29, 1.82) is 0 Å². The third-order valence-electron chi connectivity index (χ3n) is 15.8. The maximum atomic E-state index is 12.9. The first-order valence-corrected chi connectivity index (χ1v) is 35.2. The van der Waals surface area contributed by atoms with Gasteiger partial charge in [0.2, 0.25) is 0 Å². The monoisotopic (exact) mass is 1620 g/mol. The van der Waals surface area contributed by atoms with Crippen LogP contribution in [-0.2, 0) is 58.2 Å². The van der Waals surface area contributed by atoms with Crippen LogP contribution in [0.5, 0.6) is 34.5 Å². The van der Waals surface area contributed by atoms with E-state index in [1.54, 1.807) is 146 Å². The van der Waals surface area contributed by atoms with Gasteiger partial charge in [-0.3, -0.25) is 80.5 Å². The van der Waals surface area contributed by atoms with E-state index in [-0.39, 0.29) is 90.6 Å². The van der Waals surface area contributed by atoms with E-state index < -0.39 is 71.1 Å². The summed E-state index contributed by atoms with van der Waals surface area (Å²) >= 11 is 19.4. The Kier molecular flexibility index (Phi) is 28.8. The van der Waals surface area contributed by atoms with Crippen molar-refractivity contribution < 1.29 is 106 Å². The number of amides is 8. The van der Waals surface area contributed by atoms with E-state index in [1.165, 1.54) is 78.8 Å². The second-order valence-electron chi connectivity index (χ2n) is 23.7. The van der Waals surface area contributed by atoms with Gasteiger partial charge >= 0.3 is 23.9 Å². The summed E-state index contributed by atoms with van der Waals surface area (Å²) in [6.45, 7) is 4.83. The van der Waals surface area contributed by atoms with Crippen molar-refractivity contribution in [2.45, 2.75) is 33.7 Å². The number of para-hydroxylation sites is 1. The maximum absolute atomic E-state index is 12.9. The Morgan fingerprint density at radius 2 is 0.754 bits per heavy atom. The van der Waals surface area contributed by atoms with Gasteiger partial charge in [0.15, 0.2) is 43.4 Å². The number of nitrogens with one attached hydrogen (secondary N) is 7. The number of carboxylic acid groups (broad SMARTS) is 4. The normalized spacial score (nSPS) is 14.0. The average molecular weight is 1620 g/mol. The smallest absolute Gasteiger partial charge is 0.339 e. The Balaban J connectivity index is 0.000000174. The van der Waals surface area contributed by atoms with Crippen LogP contribution in [0.15, 0.2) is 204 Å². The molecule has 30 nitrogen and oxygen atoms in total. The number of anilines is 1. The lowest BCUT2D eigenvalue weighted by Crippen LogP contribution is -2.54. The maximum Gasteiger partial charge on any atom is 0.339 e. The first kappa shape index (κ1) is 83.6. The minimum atomic E-state index is -1.17. The fraction of sp³-hybridized carbons (Fsp3) is 0.100. The van der Waals surface area contributed by atoms with E-state index >= 15 is 0 Å². The fourth-order valence-corrected chi connectivity index (χ4v) is 11.3. The highest BCUT2D eigenvalue weighted by Gasteiger charge is 2.35. The predicted molar refractivity (Wildman–Crippen MR) is 428 cm³/mol. The Morgan fingerprint density at radius 1 is 0.360 bits per heavy atom. The molecule has 0 spiro atoms. The van der Waals surface area contributed by atoms with Crippen molar-refractivity contribution in [3.8, 4) is 34.5 Å². The fourth-order valence-electron chi connectivity index (χ4n) is 10.4. The van der Waals surface area contributed by atoms with E-state index in [9.17, 15) is 62.6 Å². The first-order valence-electron chi connectivity index (χ1n) is 33.6. The van der Waals surface area contributed by atoms with E-state index in [4.69, 9.17) is 92.6 Å². The van der Waals surface area contributed by atoms with Gasteiger partial charge in [-0.1, -0.05) is 84.9 Å². The van der Waals surface area contributed by atoms with Crippen LogP contribution in [0, 0.1) is 0 Å². The summed E-state index contributed by atoms with van der Waals surface area (Å²) in [6, 6.07) is 49.1. The molecule has 4 aliphatic rings. The molecule has 4 saturated heterocycles. The molecule has 0 radical (unpaired) electrons. The number of carboxylic acids is 4. The van der Waals surface area contributed by atoms with Gasteiger partial charge in [-0.05, 0) is 223 Å². The van der Waals surface area contributed by atoms with E-state index in [1.807, 2.05) is 6.92 Å². The number of carbonyl (C=O) groups excluding carboxylic acids is 8. The molecule has 8 aromatic rings. The largest absolute Gasteiger partial charge is 0.493 e. The van der Waals surface area contributed by atoms with Crippen molar-refractivity contribution in [2.24, 2.45) is 0 Å². The molecular formula is C80H64N8O22S4. The summed E-state index contributed by atoms with van der Waals surface area (Å²) < 4.78 is 33.4. The lowest BCUT2D eigenvalue weighted by atomic mass is 10.0. The van der Waals surface area contributed by atoms with Gasteiger partial charge in [0, 0.05) is 0 Å². The van der Waals surface area contributed by atoms with Gasteiger partial charge < -0.3 is 48.8 Å². The zero-order valence-electron chi connectivity index (χ0n) is 59.9. The quantitative estimate of drug-likeness (QED) is 0.0162. The van der Waals surface area contributed by atoms with Gasteiger partial charge in [-0.15, -0.1) is 0 Å². The molecule has 114 heavy (non-hydrogen) atoms. The van der Waals surface area contributed by atoms with Gasteiger partial charge in [0.05, 0.1) is 42.7 Å². The van der Waals surface area contributed by atoms with Crippen LogP contribution in [0.25, 0.3) is 24.3 Å². The molecule has 0 aliphatic carbocycles. The van der Waals surface area contributed by atoms with Crippen LogP contribution in [0.1, 0.15) is 94.2 Å². The molecule has 34 heteroatoms. The molecule has 580 valence electrons. The number of methoxy groups -OCH3 is 1. The van der Waals surface area contributed by atoms with Crippen molar-refractivity contribution >= 4 is 170 Å². The minimum absolute atomic E-state index is 0.0159. The number of benzene rings is 8. The number of hydrogen-bond acceptors (Lipinski definition) is 22. The van der Waals surface area contributed by atoms with Crippen LogP contribution < -0.4 is 70.5 Å². The standard InChI is InChI=1S/C21H18N2O6S.C20H16N2O6S.C20H16N2O5S.C19H14N2O5S/c1-2-28-17-10-13(9-15-18(24)22-21(30)23-19(15)25)5-8-16(17)29-11-12-3-6-14(7-4-12)20(26)27;1-27-16-9-11(8-14-17(23)21-20(29)22-18(14)24)5-6-15(16)28-10-12-3-2-4-13(7-12)19(25)26;1-2-27-16-9-8-12(10-14(16)19(25)26)11-15-17(23)21-20(28)22(18(15)24)13-6-4-3-5-7-13;22-16-15(17(23)21-19(27)20-16)9-11-4-6-14(7-5-11)26-10-12-2-1-3-13(8-12)18(24)25/h3-10H,2,11H2,1H3,(H,26,27)(H2,22,23,24,25,30);2-9H,10H2,1H3,(H,25,26)(H2,21,22,23,24,29);3-11H,2H2,1H3,(H,25,26)(H,21,23,28);1-9H,10H2,(H,24,25)(H2,20,21,22,23,27)/b;;15-11-;. The summed E-state index contributed by atoms with van der Waals surface area (Å²) in [5.74, 6) is -6.33. The van der Waals surface area contributed by atoms with Gasteiger partial charge in [-0.25, -0.2) is 19.2 Å². The second-order valence-corrected chi connectivity index (χ2v) is 25.3. The van der Waals surface area contributed by atoms with Crippen LogP contribution in [0.2, 0.25) is 0 Å². The third-order valence-corrected chi connectivity index (χ3v) is 16.7.